The van der Waals surface area contributed by atoms with Crippen LogP contribution in [-0.2, 0) is 0 Å². The fourth-order valence-electron chi connectivity index (χ4n) is 1.34. The fraction of sp³-hybridized carbons (Fsp3) is 0.0833. The predicted molar refractivity (Wildman–Crippen MR) is 74.1 cm³/mol. The normalized spacial score (nSPS) is 10.4. The van der Waals surface area contributed by atoms with E-state index in [1.54, 1.807) is 18.3 Å². The Morgan fingerprint density at radius 2 is 2.00 bits per heavy atom. The van der Waals surface area contributed by atoms with Gasteiger partial charge >= 0.3 is 0 Å². The van der Waals surface area contributed by atoms with Crippen molar-refractivity contribution >= 4 is 43.4 Å². The Morgan fingerprint density at radius 3 is 2.71 bits per heavy atom. The van der Waals surface area contributed by atoms with Crippen molar-refractivity contribution in [3.05, 3.63) is 50.8 Å². The van der Waals surface area contributed by atoms with Gasteiger partial charge in [-0.05, 0) is 52.7 Å². The lowest BCUT2D eigenvalue weighted by atomic mass is 10.2. The zero-order chi connectivity index (χ0) is 12.4. The van der Waals surface area contributed by atoms with Crippen molar-refractivity contribution in [3.8, 4) is 0 Å². The maximum atomic E-state index is 13.5. The third-order valence-corrected chi connectivity index (χ3v) is 3.56. The van der Waals surface area contributed by atoms with Gasteiger partial charge in [0, 0.05) is 15.1 Å². The maximum Gasteiger partial charge on any atom is 0.146 e. The second kappa shape index (κ2) is 5.14. The van der Waals surface area contributed by atoms with Gasteiger partial charge in [-0.2, -0.15) is 0 Å². The van der Waals surface area contributed by atoms with Crippen LogP contribution in [0.15, 0.2) is 39.4 Å². The number of hydrogen-bond acceptors (Lipinski definition) is 2. The number of benzene rings is 1. The van der Waals surface area contributed by atoms with Crippen LogP contribution in [0.3, 0.4) is 0 Å². The highest BCUT2D eigenvalue weighted by Crippen LogP contribution is 2.24. The van der Waals surface area contributed by atoms with E-state index in [9.17, 15) is 4.39 Å². The van der Waals surface area contributed by atoms with Crippen LogP contribution in [0.1, 0.15) is 5.56 Å². The average molecular weight is 360 g/mol. The van der Waals surface area contributed by atoms with Crippen LogP contribution in [0.4, 0.5) is 15.9 Å². The summed E-state index contributed by atoms with van der Waals surface area (Å²) in [5.41, 5.74) is 1.44. The molecule has 2 nitrogen and oxygen atoms in total. The van der Waals surface area contributed by atoms with Gasteiger partial charge in [0.25, 0.3) is 0 Å². The molecule has 1 heterocycles. The quantitative estimate of drug-likeness (QED) is 0.833. The Balaban J connectivity index is 2.31. The lowest BCUT2D eigenvalue weighted by molar-refractivity contribution is 0.631. The molecule has 0 unspecified atom stereocenters. The highest BCUT2D eigenvalue weighted by Gasteiger charge is 2.05. The predicted octanol–water partition coefficient (Wildman–Crippen LogP) is 4.80. The van der Waals surface area contributed by atoms with E-state index in [1.165, 1.54) is 6.07 Å². The van der Waals surface area contributed by atoms with Gasteiger partial charge in [0.15, 0.2) is 0 Å². The summed E-state index contributed by atoms with van der Waals surface area (Å²) < 4.78 is 15.3. The van der Waals surface area contributed by atoms with Crippen LogP contribution in [0.5, 0.6) is 0 Å². The first kappa shape index (κ1) is 12.5. The first-order chi connectivity index (χ1) is 8.06. The van der Waals surface area contributed by atoms with Crippen molar-refractivity contribution in [1.82, 2.24) is 4.98 Å². The third kappa shape index (κ3) is 3.04. The number of aromatic nitrogens is 1. The molecule has 17 heavy (non-hydrogen) atoms. The molecule has 0 spiro atoms. The first-order valence-corrected chi connectivity index (χ1v) is 6.49. The Morgan fingerprint density at radius 1 is 1.24 bits per heavy atom. The molecule has 0 aliphatic carbocycles. The average Bonchev–Trinajstić information content (AvgIpc) is 2.29. The molecule has 0 saturated heterocycles. The molecular formula is C12H9Br2FN2. The highest BCUT2D eigenvalue weighted by atomic mass is 79.9. The molecule has 2 aromatic rings. The summed E-state index contributed by atoms with van der Waals surface area (Å²) in [7, 11) is 0. The number of nitrogens with one attached hydrogen (secondary N) is 1. The maximum absolute atomic E-state index is 13.5. The Labute approximate surface area is 116 Å². The molecule has 88 valence electrons. The number of anilines is 2. The number of aryl methyl sites for hydroxylation is 1. The van der Waals surface area contributed by atoms with Crippen LogP contribution in [0, 0.1) is 12.7 Å². The molecular weight excluding hydrogens is 351 g/mol. The molecule has 1 aromatic carbocycles. The SMILES string of the molecule is Cc1cc(Nc2cc(Br)ccc2F)ncc1Br. The van der Waals surface area contributed by atoms with Gasteiger partial charge in [-0.15, -0.1) is 0 Å². The molecule has 0 radical (unpaired) electrons. The van der Waals surface area contributed by atoms with Crippen molar-refractivity contribution < 1.29 is 4.39 Å². The molecule has 0 atom stereocenters. The molecule has 0 amide bonds. The van der Waals surface area contributed by atoms with Crippen LogP contribution in [-0.4, -0.2) is 4.98 Å². The van der Waals surface area contributed by atoms with Crippen LogP contribution in [0.25, 0.3) is 0 Å². The zero-order valence-corrected chi connectivity index (χ0v) is 12.1. The molecule has 0 bridgehead atoms. The summed E-state index contributed by atoms with van der Waals surface area (Å²) in [5, 5.41) is 2.94. The summed E-state index contributed by atoms with van der Waals surface area (Å²) in [4.78, 5) is 4.17. The third-order valence-electron chi connectivity index (χ3n) is 2.24. The lowest BCUT2D eigenvalue weighted by Gasteiger charge is -2.08. The van der Waals surface area contributed by atoms with Crippen molar-refractivity contribution in [2.24, 2.45) is 0 Å². The minimum atomic E-state index is -0.310. The van der Waals surface area contributed by atoms with E-state index in [0.29, 0.717) is 11.5 Å². The monoisotopic (exact) mass is 358 g/mol. The summed E-state index contributed by atoms with van der Waals surface area (Å²) in [5.74, 6) is 0.304. The summed E-state index contributed by atoms with van der Waals surface area (Å²) in [6, 6.07) is 6.58. The number of hydrogen-bond donors (Lipinski definition) is 1. The van der Waals surface area contributed by atoms with Gasteiger partial charge in [-0.25, -0.2) is 9.37 Å². The van der Waals surface area contributed by atoms with Gasteiger partial charge < -0.3 is 5.32 Å². The minimum Gasteiger partial charge on any atom is -0.338 e. The molecule has 0 aliphatic rings. The van der Waals surface area contributed by atoms with Crippen molar-refractivity contribution in [2.45, 2.75) is 6.92 Å². The molecule has 1 aromatic heterocycles. The Kier molecular flexibility index (Phi) is 3.79. The molecule has 2 rings (SSSR count). The highest BCUT2D eigenvalue weighted by molar-refractivity contribution is 9.10. The van der Waals surface area contributed by atoms with E-state index in [1.807, 2.05) is 13.0 Å². The number of rotatable bonds is 2. The minimum absolute atomic E-state index is 0.310. The van der Waals surface area contributed by atoms with Crippen LogP contribution >= 0.6 is 31.9 Å². The lowest BCUT2D eigenvalue weighted by Crippen LogP contribution is -1.96. The van der Waals surface area contributed by atoms with Crippen LogP contribution < -0.4 is 5.32 Å². The standard InChI is InChI=1S/C12H9Br2FN2/c1-7-4-12(16-6-9(7)14)17-11-5-8(13)2-3-10(11)15/h2-6H,1H3,(H,16,17). The first-order valence-electron chi connectivity index (χ1n) is 4.90. The second-order valence-corrected chi connectivity index (χ2v) is 5.34. The number of nitrogens with zero attached hydrogens (tertiary/aromatic N) is 1. The van der Waals surface area contributed by atoms with E-state index >= 15 is 0 Å². The smallest absolute Gasteiger partial charge is 0.146 e. The van der Waals surface area contributed by atoms with Crippen molar-refractivity contribution in [3.63, 3.8) is 0 Å². The topological polar surface area (TPSA) is 24.9 Å². The van der Waals surface area contributed by atoms with E-state index in [-0.39, 0.29) is 5.82 Å². The van der Waals surface area contributed by atoms with Gasteiger partial charge in [0.2, 0.25) is 0 Å². The van der Waals surface area contributed by atoms with E-state index in [0.717, 1.165) is 14.5 Å². The van der Waals surface area contributed by atoms with E-state index < -0.39 is 0 Å². The largest absolute Gasteiger partial charge is 0.338 e. The Hall–Kier alpha value is -0.940. The molecule has 0 aliphatic heterocycles. The number of halogens is 3. The van der Waals surface area contributed by atoms with Gasteiger partial charge in [-0.1, -0.05) is 15.9 Å². The zero-order valence-electron chi connectivity index (χ0n) is 8.97. The molecule has 0 fully saturated rings. The second-order valence-electron chi connectivity index (χ2n) is 3.57. The fourth-order valence-corrected chi connectivity index (χ4v) is 1.92. The summed E-state index contributed by atoms with van der Waals surface area (Å²) in [6.07, 6.45) is 1.69. The number of pyridine rings is 1. The van der Waals surface area contributed by atoms with Crippen LogP contribution in [0.2, 0.25) is 0 Å². The summed E-state index contributed by atoms with van der Waals surface area (Å²) >= 11 is 6.67. The summed E-state index contributed by atoms with van der Waals surface area (Å²) in [6.45, 7) is 1.95. The van der Waals surface area contributed by atoms with Gasteiger partial charge in [-0.3, -0.25) is 0 Å². The van der Waals surface area contributed by atoms with Gasteiger partial charge in [0.05, 0.1) is 5.69 Å². The van der Waals surface area contributed by atoms with Gasteiger partial charge in [0.1, 0.15) is 11.6 Å². The van der Waals surface area contributed by atoms with Crippen molar-refractivity contribution in [2.75, 3.05) is 5.32 Å². The van der Waals surface area contributed by atoms with E-state index in [4.69, 9.17) is 0 Å². The van der Waals surface area contributed by atoms with Crippen molar-refractivity contribution in [1.29, 1.82) is 0 Å². The molecule has 0 saturated carbocycles. The molecule has 1 N–H and O–H groups in total. The molecule has 5 heteroatoms. The Bertz CT molecular complexity index is 558. The van der Waals surface area contributed by atoms with E-state index in [2.05, 4.69) is 42.2 Å².